The van der Waals surface area contributed by atoms with Crippen LogP contribution < -0.4 is 0 Å². The number of allylic oxidation sites excluding steroid dienone is 4. The van der Waals surface area contributed by atoms with Crippen molar-refractivity contribution < 1.29 is 24.2 Å². The summed E-state index contributed by atoms with van der Waals surface area (Å²) in [6, 6.07) is 0. The SMILES string of the molecule is CCCCCCCCC=CCCCCCCCCCCCC(=O)OC[C@H](CO)OC(=O)CCCCCCCCCC=CCCCCCCCC. The van der Waals surface area contributed by atoms with Gasteiger partial charge >= 0.3 is 11.9 Å². The van der Waals surface area contributed by atoms with Crippen LogP contribution in [0.2, 0.25) is 0 Å². The number of carbonyl (C=O) groups is 2. The molecule has 5 heteroatoms. The molecular weight excluding hydrogens is 620 g/mol. The Bertz CT molecular complexity index is 761. The molecule has 0 bridgehead atoms. The van der Waals surface area contributed by atoms with Gasteiger partial charge in [0.1, 0.15) is 6.61 Å². The maximum absolute atomic E-state index is 12.2. The predicted octanol–water partition coefficient (Wildman–Crippen LogP) is 13.8. The van der Waals surface area contributed by atoms with E-state index in [-0.39, 0.29) is 25.2 Å². The lowest BCUT2D eigenvalue weighted by atomic mass is 10.1. The second-order valence-corrected chi connectivity index (χ2v) is 14.8. The van der Waals surface area contributed by atoms with Crippen LogP contribution >= 0.6 is 0 Å². The first-order valence-corrected chi connectivity index (χ1v) is 21.9. The first-order chi connectivity index (χ1) is 24.6. The van der Waals surface area contributed by atoms with Gasteiger partial charge in [0, 0.05) is 12.8 Å². The second-order valence-electron chi connectivity index (χ2n) is 14.8. The Morgan fingerprint density at radius 3 is 1.08 bits per heavy atom. The van der Waals surface area contributed by atoms with Gasteiger partial charge in [-0.15, -0.1) is 0 Å². The molecule has 0 rings (SSSR count). The van der Waals surface area contributed by atoms with E-state index in [1.807, 2.05) is 0 Å². The average molecular weight is 705 g/mol. The van der Waals surface area contributed by atoms with Gasteiger partial charge in [-0.2, -0.15) is 0 Å². The van der Waals surface area contributed by atoms with E-state index in [1.165, 1.54) is 167 Å². The molecule has 294 valence electrons. The number of carbonyl (C=O) groups excluding carboxylic acids is 2. The van der Waals surface area contributed by atoms with Crippen LogP contribution in [0.15, 0.2) is 24.3 Å². The third-order valence-electron chi connectivity index (χ3n) is 9.72. The summed E-state index contributed by atoms with van der Waals surface area (Å²) in [6.07, 6.45) is 49.6. The lowest BCUT2D eigenvalue weighted by molar-refractivity contribution is -0.161. The number of ether oxygens (including phenoxy) is 2. The number of aliphatic hydroxyl groups excluding tert-OH is 1. The number of aliphatic hydroxyl groups is 1. The highest BCUT2D eigenvalue weighted by molar-refractivity contribution is 5.70. The van der Waals surface area contributed by atoms with E-state index in [2.05, 4.69) is 38.2 Å². The lowest BCUT2D eigenvalue weighted by Crippen LogP contribution is -2.28. The molecular formula is C45H84O5. The first kappa shape index (κ1) is 48.4. The summed E-state index contributed by atoms with van der Waals surface area (Å²) in [5.74, 6) is -0.590. The molecule has 1 N–H and O–H groups in total. The predicted molar refractivity (Wildman–Crippen MR) is 215 cm³/mol. The van der Waals surface area contributed by atoms with E-state index < -0.39 is 6.10 Å². The maximum Gasteiger partial charge on any atom is 0.306 e. The van der Waals surface area contributed by atoms with Gasteiger partial charge in [0.05, 0.1) is 6.61 Å². The molecule has 0 heterocycles. The highest BCUT2D eigenvalue weighted by Crippen LogP contribution is 2.14. The number of hydrogen-bond acceptors (Lipinski definition) is 5. The fourth-order valence-corrected chi connectivity index (χ4v) is 6.37. The Morgan fingerprint density at radius 1 is 0.440 bits per heavy atom. The van der Waals surface area contributed by atoms with Gasteiger partial charge in [-0.05, 0) is 64.2 Å². The fourth-order valence-electron chi connectivity index (χ4n) is 6.37. The number of unbranched alkanes of at least 4 members (excludes halogenated alkanes) is 28. The maximum atomic E-state index is 12.2. The van der Waals surface area contributed by atoms with E-state index in [0.29, 0.717) is 12.8 Å². The van der Waals surface area contributed by atoms with Crippen molar-refractivity contribution in [3.05, 3.63) is 24.3 Å². The van der Waals surface area contributed by atoms with Gasteiger partial charge in [0.2, 0.25) is 0 Å². The summed E-state index contributed by atoms with van der Waals surface area (Å²) in [7, 11) is 0. The van der Waals surface area contributed by atoms with Gasteiger partial charge in [0.15, 0.2) is 6.10 Å². The highest BCUT2D eigenvalue weighted by atomic mass is 16.6. The van der Waals surface area contributed by atoms with Crippen molar-refractivity contribution in [2.75, 3.05) is 13.2 Å². The van der Waals surface area contributed by atoms with Gasteiger partial charge in [-0.25, -0.2) is 0 Å². The molecule has 0 fully saturated rings. The largest absolute Gasteiger partial charge is 0.462 e. The first-order valence-electron chi connectivity index (χ1n) is 21.9. The summed E-state index contributed by atoms with van der Waals surface area (Å²) in [5.41, 5.74) is 0. The van der Waals surface area contributed by atoms with Gasteiger partial charge in [-0.3, -0.25) is 9.59 Å². The monoisotopic (exact) mass is 705 g/mol. The zero-order chi connectivity index (χ0) is 36.4. The van der Waals surface area contributed by atoms with Crippen molar-refractivity contribution in [2.24, 2.45) is 0 Å². The van der Waals surface area contributed by atoms with Crippen LogP contribution in [-0.2, 0) is 19.1 Å². The van der Waals surface area contributed by atoms with Crippen LogP contribution in [-0.4, -0.2) is 36.4 Å². The molecule has 0 saturated heterocycles. The molecule has 50 heavy (non-hydrogen) atoms. The van der Waals surface area contributed by atoms with Crippen LogP contribution in [0.1, 0.15) is 232 Å². The molecule has 0 aromatic carbocycles. The van der Waals surface area contributed by atoms with Crippen LogP contribution in [0, 0.1) is 0 Å². The van der Waals surface area contributed by atoms with Gasteiger partial charge in [0.25, 0.3) is 0 Å². The topological polar surface area (TPSA) is 72.8 Å². The highest BCUT2D eigenvalue weighted by Gasteiger charge is 2.16. The molecule has 5 nitrogen and oxygen atoms in total. The molecule has 0 amide bonds. The molecule has 0 aliphatic heterocycles. The third kappa shape index (κ3) is 39.2. The summed E-state index contributed by atoms with van der Waals surface area (Å²) in [6.45, 7) is 4.14. The zero-order valence-electron chi connectivity index (χ0n) is 33.4. The Labute approximate surface area is 311 Å². The molecule has 1 atom stereocenters. The van der Waals surface area contributed by atoms with Crippen LogP contribution in [0.4, 0.5) is 0 Å². The minimum atomic E-state index is -0.771. The normalized spacial score (nSPS) is 12.3. The summed E-state index contributed by atoms with van der Waals surface area (Å²) in [4.78, 5) is 24.3. The quantitative estimate of drug-likeness (QED) is 0.0390. The second kappa shape index (κ2) is 41.8. The Balaban J connectivity index is 3.51. The average Bonchev–Trinajstić information content (AvgIpc) is 3.12. The van der Waals surface area contributed by atoms with Crippen LogP contribution in [0.3, 0.4) is 0 Å². The van der Waals surface area contributed by atoms with Crippen molar-refractivity contribution in [2.45, 2.75) is 238 Å². The molecule has 0 radical (unpaired) electrons. The van der Waals surface area contributed by atoms with E-state index in [9.17, 15) is 14.7 Å². The van der Waals surface area contributed by atoms with Crippen LogP contribution in [0.25, 0.3) is 0 Å². The van der Waals surface area contributed by atoms with E-state index in [4.69, 9.17) is 9.47 Å². The standard InChI is InChI=1S/C45H84O5/c1-3-5-7-9-11-13-15-17-19-21-22-24-25-27-29-31-33-35-37-39-44(47)49-42-43(41-46)50-45(48)40-38-36-34-32-30-28-26-23-20-18-16-14-12-10-8-6-4-2/h17-20,43,46H,3-16,21-42H2,1-2H3/t43-/m0/s1. The molecule has 0 aromatic rings. The van der Waals surface area contributed by atoms with Gasteiger partial charge < -0.3 is 14.6 Å². The Kier molecular flexibility index (Phi) is 40.4. The van der Waals surface area contributed by atoms with E-state index in [1.54, 1.807) is 0 Å². The van der Waals surface area contributed by atoms with E-state index >= 15 is 0 Å². The summed E-state index contributed by atoms with van der Waals surface area (Å²) in [5, 5.41) is 9.58. The Hall–Kier alpha value is -1.62. The van der Waals surface area contributed by atoms with E-state index in [0.717, 1.165) is 38.5 Å². The minimum absolute atomic E-state index is 0.0653. The van der Waals surface area contributed by atoms with Crippen molar-refractivity contribution in [1.29, 1.82) is 0 Å². The molecule has 0 aliphatic carbocycles. The summed E-state index contributed by atoms with van der Waals surface area (Å²) >= 11 is 0. The third-order valence-corrected chi connectivity index (χ3v) is 9.72. The fraction of sp³-hybridized carbons (Fsp3) is 0.867. The number of hydrogen-bond donors (Lipinski definition) is 1. The molecule has 0 spiro atoms. The van der Waals surface area contributed by atoms with Crippen LogP contribution in [0.5, 0.6) is 0 Å². The number of rotatable bonds is 40. The zero-order valence-corrected chi connectivity index (χ0v) is 33.4. The molecule has 0 aliphatic rings. The minimum Gasteiger partial charge on any atom is -0.462 e. The van der Waals surface area contributed by atoms with Crippen molar-refractivity contribution in [1.82, 2.24) is 0 Å². The number of esters is 2. The van der Waals surface area contributed by atoms with Crippen molar-refractivity contribution in [3.63, 3.8) is 0 Å². The smallest absolute Gasteiger partial charge is 0.306 e. The van der Waals surface area contributed by atoms with Gasteiger partial charge in [-0.1, -0.05) is 179 Å². The molecule has 0 unspecified atom stereocenters. The lowest BCUT2D eigenvalue weighted by Gasteiger charge is -2.15. The Morgan fingerprint density at radius 2 is 0.740 bits per heavy atom. The molecule has 0 saturated carbocycles. The molecule has 0 aromatic heterocycles. The van der Waals surface area contributed by atoms with Crippen molar-refractivity contribution in [3.8, 4) is 0 Å². The van der Waals surface area contributed by atoms with Crippen molar-refractivity contribution >= 4 is 11.9 Å². The summed E-state index contributed by atoms with van der Waals surface area (Å²) < 4.78 is 10.6.